The van der Waals surface area contributed by atoms with Gasteiger partial charge in [0.15, 0.2) is 11.6 Å². The first kappa shape index (κ1) is 15.7. The maximum Gasteiger partial charge on any atom is 0.227 e. The lowest BCUT2D eigenvalue weighted by atomic mass is 10.2. The predicted octanol–water partition coefficient (Wildman–Crippen LogP) is 4.47. The number of benzene rings is 1. The van der Waals surface area contributed by atoms with Gasteiger partial charge in [0.1, 0.15) is 11.6 Å². The van der Waals surface area contributed by atoms with E-state index in [1.807, 2.05) is 6.92 Å². The van der Waals surface area contributed by atoms with E-state index in [9.17, 15) is 4.39 Å². The number of rotatable bonds is 5. The zero-order valence-electron chi connectivity index (χ0n) is 12.2. The van der Waals surface area contributed by atoms with E-state index in [4.69, 9.17) is 4.74 Å². The highest BCUT2D eigenvalue weighted by Crippen LogP contribution is 2.30. The van der Waals surface area contributed by atoms with Crippen molar-refractivity contribution in [3.05, 3.63) is 39.9 Å². The first-order chi connectivity index (χ1) is 10.0. The van der Waals surface area contributed by atoms with Crippen LogP contribution in [0.25, 0.3) is 0 Å². The lowest BCUT2D eigenvalue weighted by Gasteiger charge is -2.13. The molecule has 0 atom stereocenters. The second kappa shape index (κ2) is 6.85. The van der Waals surface area contributed by atoms with E-state index in [1.54, 1.807) is 19.2 Å². The summed E-state index contributed by atoms with van der Waals surface area (Å²) >= 11 is 3.30. The van der Waals surface area contributed by atoms with Crippen molar-refractivity contribution in [1.29, 1.82) is 0 Å². The second-order valence-electron chi connectivity index (χ2n) is 4.60. The van der Waals surface area contributed by atoms with Crippen molar-refractivity contribution in [2.45, 2.75) is 26.7 Å². The maximum absolute atomic E-state index is 13.8. The largest absolute Gasteiger partial charge is 0.435 e. The Morgan fingerprint density at radius 1 is 1.33 bits per heavy atom. The minimum absolute atomic E-state index is 0.135. The van der Waals surface area contributed by atoms with Crippen LogP contribution in [0.4, 0.5) is 10.2 Å². The molecule has 0 aliphatic heterocycles. The van der Waals surface area contributed by atoms with Gasteiger partial charge in [0.05, 0.1) is 5.56 Å². The van der Waals surface area contributed by atoms with Crippen LogP contribution < -0.4 is 10.1 Å². The SMILES string of the molecule is CCCc1nc(NC)c(C)c(Oc2cc(Br)ccc2F)n1. The molecule has 112 valence electrons. The minimum atomic E-state index is -0.431. The molecule has 2 rings (SSSR count). The van der Waals surface area contributed by atoms with Crippen LogP contribution in [0.2, 0.25) is 0 Å². The van der Waals surface area contributed by atoms with E-state index in [-0.39, 0.29) is 5.75 Å². The summed E-state index contributed by atoms with van der Waals surface area (Å²) in [6.07, 6.45) is 1.67. The van der Waals surface area contributed by atoms with Crippen LogP contribution in [0.1, 0.15) is 24.7 Å². The quantitative estimate of drug-likeness (QED) is 0.861. The van der Waals surface area contributed by atoms with Crippen LogP contribution in [0.5, 0.6) is 11.6 Å². The van der Waals surface area contributed by atoms with Gasteiger partial charge in [-0.25, -0.2) is 9.37 Å². The van der Waals surface area contributed by atoms with Crippen LogP contribution in [-0.4, -0.2) is 17.0 Å². The van der Waals surface area contributed by atoms with Gasteiger partial charge in [-0.15, -0.1) is 0 Å². The Labute approximate surface area is 131 Å². The van der Waals surface area contributed by atoms with Gasteiger partial charge in [-0.3, -0.25) is 0 Å². The highest BCUT2D eigenvalue weighted by molar-refractivity contribution is 9.10. The van der Waals surface area contributed by atoms with Crippen LogP contribution in [0, 0.1) is 12.7 Å². The van der Waals surface area contributed by atoms with Gasteiger partial charge in [-0.2, -0.15) is 4.98 Å². The summed E-state index contributed by atoms with van der Waals surface area (Å²) in [5, 5.41) is 3.01. The fourth-order valence-corrected chi connectivity index (χ4v) is 2.22. The maximum atomic E-state index is 13.8. The summed E-state index contributed by atoms with van der Waals surface area (Å²) in [6.45, 7) is 3.89. The number of hydrogen-bond acceptors (Lipinski definition) is 4. The van der Waals surface area contributed by atoms with Gasteiger partial charge in [0.25, 0.3) is 0 Å². The third kappa shape index (κ3) is 3.69. The van der Waals surface area contributed by atoms with Crippen LogP contribution in [0.15, 0.2) is 22.7 Å². The van der Waals surface area contributed by atoms with E-state index in [0.29, 0.717) is 17.5 Å². The first-order valence-electron chi connectivity index (χ1n) is 6.73. The van der Waals surface area contributed by atoms with E-state index in [1.165, 1.54) is 6.07 Å². The predicted molar refractivity (Wildman–Crippen MR) is 84.5 cm³/mol. The van der Waals surface area contributed by atoms with Crippen molar-refractivity contribution in [2.24, 2.45) is 0 Å². The molecule has 0 spiro atoms. The summed E-state index contributed by atoms with van der Waals surface area (Å²) < 4.78 is 20.2. The average Bonchev–Trinajstić information content (AvgIpc) is 2.46. The summed E-state index contributed by atoms with van der Waals surface area (Å²) in [5.74, 6) is 1.45. The molecule has 0 radical (unpaired) electrons. The highest BCUT2D eigenvalue weighted by atomic mass is 79.9. The smallest absolute Gasteiger partial charge is 0.227 e. The topological polar surface area (TPSA) is 47.0 Å². The van der Waals surface area contributed by atoms with Gasteiger partial charge >= 0.3 is 0 Å². The lowest BCUT2D eigenvalue weighted by Crippen LogP contribution is -2.05. The normalized spacial score (nSPS) is 10.5. The Morgan fingerprint density at radius 2 is 2.10 bits per heavy atom. The minimum Gasteiger partial charge on any atom is -0.435 e. The molecule has 1 N–H and O–H groups in total. The fourth-order valence-electron chi connectivity index (χ4n) is 1.88. The van der Waals surface area contributed by atoms with Gasteiger partial charge in [-0.05, 0) is 31.5 Å². The molecule has 0 saturated heterocycles. The van der Waals surface area contributed by atoms with Crippen molar-refractivity contribution < 1.29 is 9.13 Å². The zero-order chi connectivity index (χ0) is 15.4. The molecule has 1 heterocycles. The summed E-state index contributed by atoms with van der Waals surface area (Å²) in [5.41, 5.74) is 0.747. The monoisotopic (exact) mass is 353 g/mol. The third-order valence-corrected chi connectivity index (χ3v) is 3.45. The van der Waals surface area contributed by atoms with Gasteiger partial charge in [0, 0.05) is 17.9 Å². The molecule has 0 fully saturated rings. The van der Waals surface area contributed by atoms with Gasteiger partial charge in [0.2, 0.25) is 5.88 Å². The molecule has 0 amide bonds. The van der Waals surface area contributed by atoms with Crippen molar-refractivity contribution >= 4 is 21.7 Å². The molecule has 6 heteroatoms. The molecule has 1 aromatic heterocycles. The molecule has 0 aliphatic carbocycles. The fraction of sp³-hybridized carbons (Fsp3) is 0.333. The summed E-state index contributed by atoms with van der Waals surface area (Å²) in [6, 6.07) is 4.55. The molecule has 0 bridgehead atoms. The molecule has 0 saturated carbocycles. The molecule has 2 aromatic rings. The highest BCUT2D eigenvalue weighted by Gasteiger charge is 2.14. The lowest BCUT2D eigenvalue weighted by molar-refractivity contribution is 0.421. The summed E-state index contributed by atoms with van der Waals surface area (Å²) in [4.78, 5) is 8.80. The molecular weight excluding hydrogens is 337 g/mol. The van der Waals surface area contributed by atoms with Crippen LogP contribution in [0.3, 0.4) is 0 Å². The van der Waals surface area contributed by atoms with Crippen molar-refractivity contribution in [3.63, 3.8) is 0 Å². The Hall–Kier alpha value is -1.69. The van der Waals surface area contributed by atoms with Crippen LogP contribution >= 0.6 is 15.9 Å². The standard InChI is InChI=1S/C15H17BrFN3O/c1-4-5-13-19-14(18-3)9(2)15(20-13)21-12-8-10(16)6-7-11(12)17/h6-8H,4-5H2,1-3H3,(H,18,19,20). The van der Waals surface area contributed by atoms with E-state index < -0.39 is 5.82 Å². The molecule has 21 heavy (non-hydrogen) atoms. The number of anilines is 1. The number of aromatic nitrogens is 2. The average molecular weight is 354 g/mol. The van der Waals surface area contributed by atoms with E-state index in [2.05, 4.69) is 38.1 Å². The summed E-state index contributed by atoms with van der Waals surface area (Å²) in [7, 11) is 1.79. The molecular formula is C15H17BrFN3O. The second-order valence-corrected chi connectivity index (χ2v) is 5.51. The number of hydrogen-bond donors (Lipinski definition) is 1. The first-order valence-corrected chi connectivity index (χ1v) is 7.52. The number of halogens is 2. The Kier molecular flexibility index (Phi) is 5.12. The number of nitrogens with one attached hydrogen (secondary N) is 1. The molecule has 4 nitrogen and oxygen atoms in total. The van der Waals surface area contributed by atoms with Crippen LogP contribution in [-0.2, 0) is 6.42 Å². The van der Waals surface area contributed by atoms with E-state index >= 15 is 0 Å². The third-order valence-electron chi connectivity index (χ3n) is 2.96. The zero-order valence-corrected chi connectivity index (χ0v) is 13.8. The number of ether oxygens (including phenoxy) is 1. The van der Waals surface area contributed by atoms with Gasteiger partial charge < -0.3 is 10.1 Å². The van der Waals surface area contributed by atoms with Gasteiger partial charge in [-0.1, -0.05) is 22.9 Å². The van der Waals surface area contributed by atoms with Crippen molar-refractivity contribution in [3.8, 4) is 11.6 Å². The Bertz CT molecular complexity index is 649. The Morgan fingerprint density at radius 3 is 2.76 bits per heavy atom. The molecule has 0 unspecified atom stereocenters. The molecule has 1 aromatic carbocycles. The van der Waals surface area contributed by atoms with Crippen molar-refractivity contribution in [1.82, 2.24) is 9.97 Å². The molecule has 0 aliphatic rings. The number of aryl methyl sites for hydroxylation is 1. The van der Waals surface area contributed by atoms with Crippen molar-refractivity contribution in [2.75, 3.05) is 12.4 Å². The number of nitrogens with zero attached hydrogens (tertiary/aromatic N) is 2. The van der Waals surface area contributed by atoms with E-state index in [0.717, 1.165) is 22.9 Å². The Balaban J connectivity index is 2.42.